The fraction of sp³-hybridized carbons (Fsp3) is 0. The van der Waals surface area contributed by atoms with Crippen LogP contribution >= 0.6 is 12.2 Å². The quantitative estimate of drug-likeness (QED) is 0.663. The molecular formula is C13H10S. The lowest BCUT2D eigenvalue weighted by Gasteiger charge is -2.00. The topological polar surface area (TPSA) is 0 Å². The molecule has 0 heterocycles. The molecule has 2 aromatic rings. The first-order valence-corrected chi connectivity index (χ1v) is 4.98. The van der Waals surface area contributed by atoms with Crippen molar-refractivity contribution in [1.29, 1.82) is 0 Å². The van der Waals surface area contributed by atoms with Crippen molar-refractivity contribution in [3.05, 3.63) is 60.2 Å². The van der Waals surface area contributed by atoms with Crippen LogP contribution in [-0.4, -0.2) is 5.37 Å². The van der Waals surface area contributed by atoms with Crippen molar-refractivity contribution in [2.24, 2.45) is 0 Å². The molecule has 0 atom stereocenters. The van der Waals surface area contributed by atoms with Crippen molar-refractivity contribution in [1.82, 2.24) is 0 Å². The molecule has 0 radical (unpaired) electrons. The Balaban J connectivity index is 2.39. The maximum atomic E-state index is 4.85. The second-order valence-corrected chi connectivity index (χ2v) is 3.34. The molecule has 2 rings (SSSR count). The molecule has 0 fully saturated rings. The van der Waals surface area contributed by atoms with Crippen molar-refractivity contribution in [2.45, 2.75) is 0 Å². The molecule has 14 heavy (non-hydrogen) atoms. The minimum absolute atomic E-state index is 1.08. The van der Waals surface area contributed by atoms with Crippen molar-refractivity contribution in [3.63, 3.8) is 0 Å². The third-order valence-electron chi connectivity index (χ3n) is 2.15. The van der Waals surface area contributed by atoms with Gasteiger partial charge in [0.25, 0.3) is 0 Å². The highest BCUT2D eigenvalue weighted by Crippen LogP contribution is 2.18. The van der Waals surface area contributed by atoms with Gasteiger partial charge in [0.2, 0.25) is 0 Å². The maximum absolute atomic E-state index is 4.85. The summed E-state index contributed by atoms with van der Waals surface area (Å²) in [7, 11) is 0. The number of hydrogen-bond acceptors (Lipinski definition) is 1. The predicted molar refractivity (Wildman–Crippen MR) is 64.6 cm³/mol. The van der Waals surface area contributed by atoms with Gasteiger partial charge in [0.1, 0.15) is 0 Å². The van der Waals surface area contributed by atoms with Crippen LogP contribution in [0.3, 0.4) is 0 Å². The van der Waals surface area contributed by atoms with Crippen LogP contribution in [-0.2, 0) is 0 Å². The Labute approximate surface area is 89.2 Å². The first kappa shape index (κ1) is 9.10. The van der Waals surface area contributed by atoms with E-state index in [0.29, 0.717) is 0 Å². The monoisotopic (exact) mass is 198 g/mol. The van der Waals surface area contributed by atoms with Gasteiger partial charge in [0.15, 0.2) is 0 Å². The largest absolute Gasteiger partial charge is 0.0881 e. The third-order valence-corrected chi connectivity index (χ3v) is 2.43. The highest BCUT2D eigenvalue weighted by Gasteiger charge is 1.94. The van der Waals surface area contributed by atoms with E-state index in [9.17, 15) is 0 Å². The van der Waals surface area contributed by atoms with Crippen LogP contribution in [0.25, 0.3) is 11.1 Å². The van der Waals surface area contributed by atoms with E-state index >= 15 is 0 Å². The molecule has 0 amide bonds. The van der Waals surface area contributed by atoms with E-state index in [-0.39, 0.29) is 0 Å². The van der Waals surface area contributed by atoms with Crippen LogP contribution in [0.5, 0.6) is 0 Å². The van der Waals surface area contributed by atoms with Crippen LogP contribution in [0.1, 0.15) is 5.56 Å². The van der Waals surface area contributed by atoms with Crippen molar-refractivity contribution >= 4 is 17.6 Å². The normalized spacial score (nSPS) is 9.71. The third kappa shape index (κ3) is 1.88. The lowest BCUT2D eigenvalue weighted by molar-refractivity contribution is 1.61. The fourth-order valence-electron chi connectivity index (χ4n) is 1.38. The second-order valence-electron chi connectivity index (χ2n) is 3.11. The summed E-state index contributed by atoms with van der Waals surface area (Å²) >= 11 is 4.85. The van der Waals surface area contributed by atoms with E-state index in [1.165, 1.54) is 11.1 Å². The number of hydrogen-bond donors (Lipinski definition) is 0. The smallest absolute Gasteiger partial charge is 0.00861 e. The van der Waals surface area contributed by atoms with Gasteiger partial charge in [-0.1, -0.05) is 66.8 Å². The zero-order valence-electron chi connectivity index (χ0n) is 7.68. The molecule has 1 heteroatoms. The molecule has 0 aliphatic carbocycles. The van der Waals surface area contributed by atoms with E-state index in [1.54, 1.807) is 5.37 Å². The van der Waals surface area contributed by atoms with Crippen molar-refractivity contribution < 1.29 is 0 Å². The summed E-state index contributed by atoms with van der Waals surface area (Å²) in [5, 5.41) is 1.69. The summed E-state index contributed by atoms with van der Waals surface area (Å²) in [5.74, 6) is 0. The number of rotatable bonds is 2. The maximum Gasteiger partial charge on any atom is 0.00861 e. The highest BCUT2D eigenvalue weighted by molar-refractivity contribution is 7.79. The Hall–Kier alpha value is -1.47. The summed E-state index contributed by atoms with van der Waals surface area (Å²) in [6.45, 7) is 0. The van der Waals surface area contributed by atoms with Gasteiger partial charge in [-0.15, -0.1) is 0 Å². The summed E-state index contributed by atoms with van der Waals surface area (Å²) in [6, 6.07) is 18.6. The average molecular weight is 198 g/mol. The molecule has 0 N–H and O–H groups in total. The second kappa shape index (κ2) is 4.16. The summed E-state index contributed by atoms with van der Waals surface area (Å²) in [5.41, 5.74) is 3.55. The molecule has 0 aliphatic heterocycles. The Bertz CT molecular complexity index is 415. The molecular weight excluding hydrogens is 188 g/mol. The SMILES string of the molecule is S=Cc1ccc(-c2ccccc2)cc1. The molecule has 0 bridgehead atoms. The number of thiocarbonyl (C=S) groups is 1. The van der Waals surface area contributed by atoms with E-state index in [2.05, 4.69) is 24.3 Å². The van der Waals surface area contributed by atoms with Gasteiger partial charge >= 0.3 is 0 Å². The summed E-state index contributed by atoms with van der Waals surface area (Å²) in [6.07, 6.45) is 0. The van der Waals surface area contributed by atoms with Crippen LogP contribution < -0.4 is 0 Å². The minimum atomic E-state index is 1.08. The average Bonchev–Trinajstić information content (AvgIpc) is 2.30. The zero-order valence-corrected chi connectivity index (χ0v) is 8.50. The highest BCUT2D eigenvalue weighted by atomic mass is 32.1. The lowest BCUT2D eigenvalue weighted by Crippen LogP contribution is -1.79. The predicted octanol–water partition coefficient (Wildman–Crippen LogP) is 3.70. The zero-order chi connectivity index (χ0) is 9.80. The van der Waals surface area contributed by atoms with Gasteiger partial charge < -0.3 is 0 Å². The van der Waals surface area contributed by atoms with Crippen LogP contribution in [0.4, 0.5) is 0 Å². The molecule has 0 unspecified atom stereocenters. The van der Waals surface area contributed by atoms with Crippen LogP contribution in [0.15, 0.2) is 54.6 Å². The summed E-state index contributed by atoms with van der Waals surface area (Å²) < 4.78 is 0. The molecule has 2 aromatic carbocycles. The van der Waals surface area contributed by atoms with Crippen LogP contribution in [0, 0.1) is 0 Å². The first-order valence-electron chi connectivity index (χ1n) is 4.51. The van der Waals surface area contributed by atoms with E-state index in [1.807, 2.05) is 30.3 Å². The first-order chi connectivity index (χ1) is 6.90. The Kier molecular flexibility index (Phi) is 2.70. The van der Waals surface area contributed by atoms with E-state index in [4.69, 9.17) is 12.2 Å². The van der Waals surface area contributed by atoms with Crippen molar-refractivity contribution in [3.8, 4) is 11.1 Å². The Morgan fingerprint density at radius 1 is 0.714 bits per heavy atom. The van der Waals surface area contributed by atoms with Gasteiger partial charge in [-0.05, 0) is 16.7 Å². The molecule has 0 aliphatic rings. The molecule has 0 aromatic heterocycles. The lowest BCUT2D eigenvalue weighted by atomic mass is 10.0. The molecule has 0 saturated heterocycles. The molecule has 0 nitrogen and oxygen atoms in total. The summed E-state index contributed by atoms with van der Waals surface area (Å²) in [4.78, 5) is 0. The minimum Gasteiger partial charge on any atom is -0.0881 e. The van der Waals surface area contributed by atoms with Gasteiger partial charge in [-0.3, -0.25) is 0 Å². The number of benzene rings is 2. The van der Waals surface area contributed by atoms with E-state index in [0.717, 1.165) is 5.56 Å². The van der Waals surface area contributed by atoms with Gasteiger partial charge in [0.05, 0.1) is 0 Å². The Morgan fingerprint density at radius 3 is 1.86 bits per heavy atom. The molecule has 68 valence electrons. The molecule has 0 saturated carbocycles. The molecule has 0 spiro atoms. The fourth-order valence-corrected chi connectivity index (χ4v) is 1.54. The van der Waals surface area contributed by atoms with Gasteiger partial charge in [-0.2, -0.15) is 0 Å². The van der Waals surface area contributed by atoms with Crippen LogP contribution in [0.2, 0.25) is 0 Å². The van der Waals surface area contributed by atoms with Gasteiger partial charge in [0, 0.05) is 5.37 Å². The van der Waals surface area contributed by atoms with Crippen molar-refractivity contribution in [2.75, 3.05) is 0 Å². The Morgan fingerprint density at radius 2 is 1.29 bits per heavy atom. The van der Waals surface area contributed by atoms with E-state index < -0.39 is 0 Å². The van der Waals surface area contributed by atoms with Gasteiger partial charge in [-0.25, -0.2) is 0 Å². The standard InChI is InChI=1S/C13H10S/c14-10-11-6-8-13(9-7-11)12-4-2-1-3-5-12/h1-10H.